The number of benzene rings is 2. The highest BCUT2D eigenvalue weighted by atomic mass is 32.2. The van der Waals surface area contributed by atoms with Crippen LogP contribution in [-0.2, 0) is 14.8 Å². The van der Waals surface area contributed by atoms with Crippen LogP contribution >= 0.6 is 0 Å². The highest BCUT2D eigenvalue weighted by Gasteiger charge is 2.26. The number of hydrogen-bond acceptors (Lipinski definition) is 5. The molecule has 3 rings (SSSR count). The number of carbonyl (C=O) groups excluding carboxylic acids is 2. The quantitative estimate of drug-likeness (QED) is 0.488. The van der Waals surface area contributed by atoms with Gasteiger partial charge in [-0.05, 0) is 32.0 Å². The molecule has 0 saturated heterocycles. The lowest BCUT2D eigenvalue weighted by molar-refractivity contribution is 0.0320. The van der Waals surface area contributed by atoms with Crippen molar-refractivity contribution in [3.8, 4) is 0 Å². The van der Waals surface area contributed by atoms with E-state index >= 15 is 0 Å². The summed E-state index contributed by atoms with van der Waals surface area (Å²) in [5.74, 6) is -1.12. The van der Waals surface area contributed by atoms with Crippen molar-refractivity contribution in [1.29, 1.82) is 0 Å². The SMILES string of the molecule is Cc1[nH]c2ccccc2c1C(=O)C(C)OC(=O)c1ccccc1NS(C)(=O)=O. The molecular formula is C20H20N2O5S. The molecule has 3 aromatic rings. The van der Waals surface area contributed by atoms with Crippen molar-refractivity contribution in [2.75, 3.05) is 11.0 Å². The van der Waals surface area contributed by atoms with Crippen LogP contribution in [0.5, 0.6) is 0 Å². The Balaban J connectivity index is 1.85. The minimum atomic E-state index is -3.57. The van der Waals surface area contributed by atoms with E-state index in [-0.39, 0.29) is 17.0 Å². The third-order valence-electron chi connectivity index (χ3n) is 4.24. The number of esters is 1. The topological polar surface area (TPSA) is 105 Å². The molecule has 7 nitrogen and oxygen atoms in total. The molecule has 0 saturated carbocycles. The van der Waals surface area contributed by atoms with Crippen molar-refractivity contribution < 1.29 is 22.7 Å². The van der Waals surface area contributed by atoms with Gasteiger partial charge in [0.05, 0.1) is 17.5 Å². The number of aryl methyl sites for hydroxylation is 1. The smallest absolute Gasteiger partial charge is 0.340 e. The molecule has 28 heavy (non-hydrogen) atoms. The molecule has 2 aromatic carbocycles. The fourth-order valence-corrected chi connectivity index (χ4v) is 3.60. The molecule has 0 spiro atoms. The van der Waals surface area contributed by atoms with Crippen molar-refractivity contribution >= 4 is 38.4 Å². The summed E-state index contributed by atoms with van der Waals surface area (Å²) in [5.41, 5.74) is 2.11. The molecule has 0 aliphatic heterocycles. The van der Waals surface area contributed by atoms with Gasteiger partial charge in [0.1, 0.15) is 0 Å². The van der Waals surface area contributed by atoms with E-state index in [4.69, 9.17) is 4.74 Å². The molecule has 8 heteroatoms. The number of ketones is 1. The highest BCUT2D eigenvalue weighted by Crippen LogP contribution is 2.25. The molecule has 2 N–H and O–H groups in total. The number of Topliss-reactive ketones (excluding diaryl/α,β-unsaturated/α-hetero) is 1. The number of carbonyl (C=O) groups is 2. The van der Waals surface area contributed by atoms with Crippen LogP contribution in [0.2, 0.25) is 0 Å². The van der Waals surface area contributed by atoms with Gasteiger partial charge in [0, 0.05) is 22.2 Å². The van der Waals surface area contributed by atoms with Crippen molar-refractivity contribution in [3.05, 3.63) is 65.4 Å². The normalized spacial score (nSPS) is 12.5. The van der Waals surface area contributed by atoms with Crippen LogP contribution in [-0.4, -0.2) is 37.5 Å². The molecular weight excluding hydrogens is 380 g/mol. The van der Waals surface area contributed by atoms with Crippen molar-refractivity contribution in [3.63, 3.8) is 0 Å². The predicted octanol–water partition coefficient (Wildman–Crippen LogP) is 3.28. The molecule has 1 unspecified atom stereocenters. The van der Waals surface area contributed by atoms with Gasteiger partial charge in [0.25, 0.3) is 0 Å². The molecule has 1 heterocycles. The molecule has 1 aromatic heterocycles. The number of aromatic amines is 1. The molecule has 1 atom stereocenters. The first-order chi connectivity index (χ1) is 13.2. The first-order valence-electron chi connectivity index (χ1n) is 8.56. The third-order valence-corrected chi connectivity index (χ3v) is 4.83. The molecule has 0 bridgehead atoms. The second-order valence-electron chi connectivity index (χ2n) is 6.50. The minimum absolute atomic E-state index is 0.0308. The van der Waals surface area contributed by atoms with E-state index in [1.807, 2.05) is 24.3 Å². The summed E-state index contributed by atoms with van der Waals surface area (Å²) in [6.45, 7) is 3.28. The van der Waals surface area contributed by atoms with E-state index < -0.39 is 22.1 Å². The van der Waals surface area contributed by atoms with Crippen LogP contribution in [0.3, 0.4) is 0 Å². The van der Waals surface area contributed by atoms with E-state index in [9.17, 15) is 18.0 Å². The summed E-state index contributed by atoms with van der Waals surface area (Å²) < 4.78 is 30.6. The monoisotopic (exact) mass is 400 g/mol. The van der Waals surface area contributed by atoms with Crippen LogP contribution in [0.15, 0.2) is 48.5 Å². The Morgan fingerprint density at radius 1 is 1.07 bits per heavy atom. The van der Waals surface area contributed by atoms with Crippen LogP contribution < -0.4 is 4.72 Å². The molecule has 0 aliphatic carbocycles. The van der Waals surface area contributed by atoms with Crippen LogP contribution in [0.1, 0.15) is 33.3 Å². The van der Waals surface area contributed by atoms with Crippen molar-refractivity contribution in [2.24, 2.45) is 0 Å². The van der Waals surface area contributed by atoms with Gasteiger partial charge in [-0.15, -0.1) is 0 Å². The molecule has 0 fully saturated rings. The third kappa shape index (κ3) is 4.07. The Morgan fingerprint density at radius 3 is 2.43 bits per heavy atom. The number of para-hydroxylation sites is 2. The van der Waals surface area contributed by atoms with Crippen LogP contribution in [0.25, 0.3) is 10.9 Å². The number of hydrogen-bond donors (Lipinski definition) is 2. The maximum Gasteiger partial charge on any atom is 0.340 e. The van der Waals surface area contributed by atoms with Gasteiger partial charge < -0.3 is 9.72 Å². The van der Waals surface area contributed by atoms with E-state index in [2.05, 4.69) is 9.71 Å². The first-order valence-corrected chi connectivity index (χ1v) is 10.5. The number of ether oxygens (including phenoxy) is 1. The maximum atomic E-state index is 12.9. The summed E-state index contributed by atoms with van der Waals surface area (Å²) in [7, 11) is -3.57. The number of aromatic nitrogens is 1. The molecule has 146 valence electrons. The van der Waals surface area contributed by atoms with Crippen molar-refractivity contribution in [2.45, 2.75) is 20.0 Å². The zero-order chi connectivity index (χ0) is 20.5. The fraction of sp³-hybridized carbons (Fsp3) is 0.200. The number of sulfonamides is 1. The summed E-state index contributed by atoms with van der Waals surface area (Å²) in [5, 5.41) is 0.757. The zero-order valence-corrected chi connectivity index (χ0v) is 16.5. The summed E-state index contributed by atoms with van der Waals surface area (Å²) in [6, 6.07) is 13.4. The lowest BCUT2D eigenvalue weighted by Gasteiger charge is -2.15. The van der Waals surface area contributed by atoms with E-state index in [1.165, 1.54) is 19.1 Å². The second kappa shape index (κ2) is 7.47. The van der Waals surface area contributed by atoms with E-state index in [0.717, 1.165) is 17.2 Å². The largest absolute Gasteiger partial charge is 0.451 e. The summed E-state index contributed by atoms with van der Waals surface area (Å²) >= 11 is 0. The summed E-state index contributed by atoms with van der Waals surface area (Å²) in [6.07, 6.45) is -0.0576. The van der Waals surface area contributed by atoms with Gasteiger partial charge in [-0.3, -0.25) is 9.52 Å². The van der Waals surface area contributed by atoms with Gasteiger partial charge in [-0.25, -0.2) is 13.2 Å². The predicted molar refractivity (Wildman–Crippen MR) is 107 cm³/mol. The van der Waals surface area contributed by atoms with E-state index in [1.54, 1.807) is 19.1 Å². The van der Waals surface area contributed by atoms with Gasteiger partial charge in [-0.1, -0.05) is 30.3 Å². The van der Waals surface area contributed by atoms with Gasteiger partial charge >= 0.3 is 5.97 Å². The number of H-pyrrole nitrogens is 1. The lowest BCUT2D eigenvalue weighted by Crippen LogP contribution is -2.25. The second-order valence-corrected chi connectivity index (χ2v) is 8.25. The number of rotatable bonds is 6. The average molecular weight is 400 g/mol. The minimum Gasteiger partial charge on any atom is -0.451 e. The van der Waals surface area contributed by atoms with Crippen LogP contribution in [0, 0.1) is 6.92 Å². The summed E-state index contributed by atoms with van der Waals surface area (Å²) in [4.78, 5) is 28.6. The fourth-order valence-electron chi connectivity index (χ4n) is 3.02. The average Bonchev–Trinajstić information content (AvgIpc) is 2.95. The lowest BCUT2D eigenvalue weighted by atomic mass is 10.0. The van der Waals surface area contributed by atoms with Gasteiger partial charge in [-0.2, -0.15) is 0 Å². The molecule has 0 radical (unpaired) electrons. The number of nitrogens with one attached hydrogen (secondary N) is 2. The Labute approximate surface area is 162 Å². The number of anilines is 1. The van der Waals surface area contributed by atoms with Gasteiger partial charge in [0.15, 0.2) is 6.10 Å². The molecule has 0 aliphatic rings. The first kappa shape index (κ1) is 19.6. The van der Waals surface area contributed by atoms with Crippen molar-refractivity contribution in [1.82, 2.24) is 4.98 Å². The Bertz CT molecular complexity index is 1160. The Kier molecular flexibility index (Phi) is 5.24. The van der Waals surface area contributed by atoms with E-state index in [0.29, 0.717) is 11.3 Å². The number of fused-ring (bicyclic) bond motifs is 1. The standard InChI is InChI=1S/C20H20N2O5S/c1-12-18(14-8-4-6-10-16(14)21-12)19(23)13(2)27-20(24)15-9-5-7-11-17(15)22-28(3,25)26/h4-11,13,21-22H,1-3H3. The van der Waals surface area contributed by atoms with Crippen LogP contribution in [0.4, 0.5) is 5.69 Å². The maximum absolute atomic E-state index is 12.9. The Hall–Kier alpha value is -3.13. The molecule has 0 amide bonds. The van der Waals surface area contributed by atoms with Gasteiger partial charge in [0.2, 0.25) is 15.8 Å². The Morgan fingerprint density at radius 2 is 1.71 bits per heavy atom. The zero-order valence-electron chi connectivity index (χ0n) is 15.6. The highest BCUT2D eigenvalue weighted by molar-refractivity contribution is 7.92.